The minimum absolute atomic E-state index is 0.0327. The summed E-state index contributed by atoms with van der Waals surface area (Å²) in [6.45, 7) is 2.71. The molecule has 9 heteroatoms. The summed E-state index contributed by atoms with van der Waals surface area (Å²) in [5.41, 5.74) is 1.55. The Hall–Kier alpha value is -4.11. The molecule has 3 aromatic rings. The van der Waals surface area contributed by atoms with Gasteiger partial charge in [-0.2, -0.15) is 0 Å². The predicted octanol–water partition coefficient (Wildman–Crippen LogP) is 3.60. The maximum atomic E-state index is 12.9. The molecule has 0 spiro atoms. The van der Waals surface area contributed by atoms with Crippen molar-refractivity contribution in [1.82, 2.24) is 10.2 Å². The molecule has 182 valence electrons. The molecule has 2 aromatic carbocycles. The Balaban J connectivity index is 1.46. The maximum absolute atomic E-state index is 12.9. The minimum atomic E-state index is -0.460. The van der Waals surface area contributed by atoms with Gasteiger partial charge in [0.2, 0.25) is 0 Å². The molecule has 2 heterocycles. The molecule has 0 fully saturated rings. The molecule has 3 amide bonds. The fourth-order valence-electron chi connectivity index (χ4n) is 3.80. The Morgan fingerprint density at radius 1 is 1.00 bits per heavy atom. The van der Waals surface area contributed by atoms with Gasteiger partial charge in [-0.1, -0.05) is 6.07 Å². The van der Waals surface area contributed by atoms with E-state index in [1.54, 1.807) is 38.5 Å². The van der Waals surface area contributed by atoms with E-state index in [-0.39, 0.29) is 35.2 Å². The standard InChI is InChI=1S/C26H26N2O7/c1-16(17-7-9-22(23(14-17)33-3)35-12-11-32-2)27-24(29)18-6-8-20-21(13-18)26(31)28(25(20)30)15-19-5-4-10-34-19/h4-10,13-14,16H,11-12,15H2,1-3H3,(H,27,29). The molecule has 0 aliphatic carbocycles. The molecule has 4 rings (SSSR count). The molecular formula is C26H26N2O7. The van der Waals surface area contributed by atoms with Crippen molar-refractivity contribution in [2.24, 2.45) is 0 Å². The first-order valence-electron chi connectivity index (χ1n) is 11.1. The quantitative estimate of drug-likeness (QED) is 0.350. The van der Waals surface area contributed by atoms with E-state index in [9.17, 15) is 14.4 Å². The van der Waals surface area contributed by atoms with Crippen LogP contribution in [0.15, 0.2) is 59.2 Å². The molecule has 1 aliphatic rings. The highest BCUT2D eigenvalue weighted by molar-refractivity contribution is 6.22. The minimum Gasteiger partial charge on any atom is -0.493 e. The largest absolute Gasteiger partial charge is 0.493 e. The third kappa shape index (κ3) is 5.04. The van der Waals surface area contributed by atoms with Crippen molar-refractivity contribution in [2.75, 3.05) is 27.4 Å². The van der Waals surface area contributed by atoms with Gasteiger partial charge in [0.05, 0.1) is 43.7 Å². The number of nitrogens with one attached hydrogen (secondary N) is 1. The van der Waals surface area contributed by atoms with Crippen LogP contribution in [-0.4, -0.2) is 50.1 Å². The van der Waals surface area contributed by atoms with Gasteiger partial charge >= 0.3 is 0 Å². The van der Waals surface area contributed by atoms with Crippen LogP contribution in [0.3, 0.4) is 0 Å². The molecular weight excluding hydrogens is 452 g/mol. The van der Waals surface area contributed by atoms with Gasteiger partial charge in [0.25, 0.3) is 17.7 Å². The zero-order valence-electron chi connectivity index (χ0n) is 19.7. The van der Waals surface area contributed by atoms with Crippen LogP contribution in [0.25, 0.3) is 0 Å². The van der Waals surface area contributed by atoms with Gasteiger partial charge < -0.3 is 23.9 Å². The van der Waals surface area contributed by atoms with E-state index in [1.807, 2.05) is 13.0 Å². The molecule has 1 aromatic heterocycles. The molecule has 1 unspecified atom stereocenters. The summed E-state index contributed by atoms with van der Waals surface area (Å²) in [5, 5.41) is 2.92. The Bertz CT molecular complexity index is 1240. The van der Waals surface area contributed by atoms with E-state index in [4.69, 9.17) is 18.6 Å². The van der Waals surface area contributed by atoms with Crippen molar-refractivity contribution in [3.8, 4) is 11.5 Å². The van der Waals surface area contributed by atoms with Gasteiger partial charge in [0.1, 0.15) is 12.4 Å². The lowest BCUT2D eigenvalue weighted by Gasteiger charge is -2.17. The number of fused-ring (bicyclic) bond motifs is 1. The lowest BCUT2D eigenvalue weighted by molar-refractivity contribution is 0.0631. The molecule has 35 heavy (non-hydrogen) atoms. The lowest BCUT2D eigenvalue weighted by Crippen LogP contribution is -2.29. The van der Waals surface area contributed by atoms with Gasteiger partial charge in [-0.3, -0.25) is 19.3 Å². The van der Waals surface area contributed by atoms with E-state index in [0.29, 0.717) is 30.5 Å². The average Bonchev–Trinajstić information content (AvgIpc) is 3.47. The molecule has 0 saturated carbocycles. The van der Waals surface area contributed by atoms with Gasteiger partial charge in [-0.05, 0) is 55.0 Å². The number of amides is 3. The third-order valence-electron chi connectivity index (χ3n) is 5.71. The van der Waals surface area contributed by atoms with Crippen molar-refractivity contribution < 1.29 is 33.0 Å². The SMILES string of the molecule is COCCOc1ccc(C(C)NC(=O)c2ccc3c(c2)C(=O)N(Cc2ccco2)C3=O)cc1OC. The van der Waals surface area contributed by atoms with E-state index in [1.165, 1.54) is 24.5 Å². The van der Waals surface area contributed by atoms with Crippen LogP contribution in [0.2, 0.25) is 0 Å². The molecule has 0 saturated heterocycles. The zero-order chi connectivity index (χ0) is 24.9. The van der Waals surface area contributed by atoms with E-state index >= 15 is 0 Å². The number of methoxy groups -OCH3 is 2. The molecule has 1 atom stereocenters. The number of carbonyl (C=O) groups excluding carboxylic acids is 3. The van der Waals surface area contributed by atoms with Crippen LogP contribution in [-0.2, 0) is 11.3 Å². The van der Waals surface area contributed by atoms with Gasteiger partial charge in [0.15, 0.2) is 11.5 Å². The summed E-state index contributed by atoms with van der Waals surface area (Å²) < 4.78 is 21.3. The Morgan fingerprint density at radius 3 is 2.51 bits per heavy atom. The number of nitrogens with zero attached hydrogens (tertiary/aromatic N) is 1. The first-order valence-corrected chi connectivity index (χ1v) is 11.1. The van der Waals surface area contributed by atoms with E-state index < -0.39 is 11.8 Å². The van der Waals surface area contributed by atoms with Crippen molar-refractivity contribution in [3.63, 3.8) is 0 Å². The van der Waals surface area contributed by atoms with Crippen LogP contribution in [0.4, 0.5) is 0 Å². The van der Waals surface area contributed by atoms with Gasteiger partial charge in [0, 0.05) is 12.7 Å². The number of hydrogen-bond acceptors (Lipinski definition) is 7. The van der Waals surface area contributed by atoms with Crippen LogP contribution in [0.1, 0.15) is 55.4 Å². The number of hydrogen-bond donors (Lipinski definition) is 1. The van der Waals surface area contributed by atoms with Crippen LogP contribution < -0.4 is 14.8 Å². The summed E-state index contributed by atoms with van der Waals surface area (Å²) in [6.07, 6.45) is 1.48. The summed E-state index contributed by atoms with van der Waals surface area (Å²) in [7, 11) is 3.14. The second-order valence-electron chi connectivity index (χ2n) is 7.98. The average molecular weight is 479 g/mol. The summed E-state index contributed by atoms with van der Waals surface area (Å²) >= 11 is 0. The first-order chi connectivity index (χ1) is 16.9. The number of imide groups is 1. The van der Waals surface area contributed by atoms with E-state index in [0.717, 1.165) is 10.5 Å². The fourth-order valence-corrected chi connectivity index (χ4v) is 3.80. The lowest BCUT2D eigenvalue weighted by atomic mass is 10.0. The second kappa shape index (κ2) is 10.4. The Labute approximate surface area is 202 Å². The second-order valence-corrected chi connectivity index (χ2v) is 7.98. The first kappa shape index (κ1) is 24.0. The Morgan fingerprint density at radius 2 is 1.80 bits per heavy atom. The monoisotopic (exact) mass is 478 g/mol. The van der Waals surface area contributed by atoms with Gasteiger partial charge in [-0.25, -0.2) is 0 Å². The fraction of sp³-hybridized carbons (Fsp3) is 0.269. The zero-order valence-corrected chi connectivity index (χ0v) is 19.7. The van der Waals surface area contributed by atoms with Gasteiger partial charge in [-0.15, -0.1) is 0 Å². The highest BCUT2D eigenvalue weighted by Crippen LogP contribution is 2.31. The van der Waals surface area contributed by atoms with Crippen molar-refractivity contribution in [2.45, 2.75) is 19.5 Å². The summed E-state index contributed by atoms with van der Waals surface area (Å²) in [4.78, 5) is 39.6. The molecule has 0 bridgehead atoms. The van der Waals surface area contributed by atoms with Crippen molar-refractivity contribution >= 4 is 17.7 Å². The topological polar surface area (TPSA) is 107 Å². The molecule has 9 nitrogen and oxygen atoms in total. The molecule has 1 N–H and O–H groups in total. The van der Waals surface area contributed by atoms with Crippen LogP contribution in [0.5, 0.6) is 11.5 Å². The smallest absolute Gasteiger partial charge is 0.261 e. The third-order valence-corrected chi connectivity index (χ3v) is 5.71. The van der Waals surface area contributed by atoms with Crippen LogP contribution in [0, 0.1) is 0 Å². The number of furan rings is 1. The molecule has 0 radical (unpaired) electrons. The summed E-state index contributed by atoms with van der Waals surface area (Å²) in [6, 6.07) is 12.9. The summed E-state index contributed by atoms with van der Waals surface area (Å²) in [5.74, 6) is 0.367. The number of ether oxygens (including phenoxy) is 3. The van der Waals surface area contributed by atoms with Crippen LogP contribution >= 0.6 is 0 Å². The van der Waals surface area contributed by atoms with Crippen molar-refractivity contribution in [3.05, 3.63) is 82.8 Å². The number of benzene rings is 2. The number of rotatable bonds is 10. The predicted molar refractivity (Wildman–Crippen MR) is 126 cm³/mol. The highest BCUT2D eigenvalue weighted by Gasteiger charge is 2.36. The van der Waals surface area contributed by atoms with E-state index in [2.05, 4.69) is 5.32 Å². The highest BCUT2D eigenvalue weighted by atomic mass is 16.5. The normalized spacial score (nSPS) is 13.5. The number of carbonyl (C=O) groups is 3. The maximum Gasteiger partial charge on any atom is 0.261 e. The van der Waals surface area contributed by atoms with Crippen molar-refractivity contribution in [1.29, 1.82) is 0 Å². The Kier molecular flexibility index (Phi) is 7.17. The molecule has 1 aliphatic heterocycles.